The topological polar surface area (TPSA) is 69.6 Å². The summed E-state index contributed by atoms with van der Waals surface area (Å²) in [5.41, 5.74) is 8.27. The first-order valence-electron chi connectivity index (χ1n) is 6.15. The summed E-state index contributed by atoms with van der Waals surface area (Å²) in [7, 11) is 0. The Bertz CT molecular complexity index is 518. The van der Waals surface area contributed by atoms with Crippen molar-refractivity contribution in [2.75, 3.05) is 0 Å². The van der Waals surface area contributed by atoms with Crippen molar-refractivity contribution in [2.24, 2.45) is 5.73 Å². The Balaban J connectivity index is 2.19. The van der Waals surface area contributed by atoms with Crippen LogP contribution in [0.5, 0.6) is 0 Å². The first-order chi connectivity index (χ1) is 8.59. The SMILES string of the molecule is Cc1ncccc1C(N)Cc1ncnn1C(C)C. The van der Waals surface area contributed by atoms with E-state index in [1.807, 2.05) is 23.7 Å². The molecule has 0 aliphatic rings. The summed E-state index contributed by atoms with van der Waals surface area (Å²) in [5.74, 6) is 0.917. The van der Waals surface area contributed by atoms with Crippen LogP contribution in [0.1, 0.15) is 43.0 Å². The zero-order valence-corrected chi connectivity index (χ0v) is 11.0. The second-order valence-electron chi connectivity index (χ2n) is 4.70. The van der Waals surface area contributed by atoms with Crippen molar-refractivity contribution < 1.29 is 0 Å². The molecule has 0 aromatic carbocycles. The van der Waals surface area contributed by atoms with E-state index < -0.39 is 0 Å². The highest BCUT2D eigenvalue weighted by Crippen LogP contribution is 2.18. The summed E-state index contributed by atoms with van der Waals surface area (Å²) in [5, 5.41) is 4.22. The molecule has 0 saturated heterocycles. The average Bonchev–Trinajstić information content (AvgIpc) is 2.77. The minimum absolute atomic E-state index is 0.0969. The number of hydrogen-bond acceptors (Lipinski definition) is 4. The molecular weight excluding hydrogens is 226 g/mol. The number of aromatic nitrogens is 4. The van der Waals surface area contributed by atoms with Crippen LogP contribution in [0.3, 0.4) is 0 Å². The molecule has 1 unspecified atom stereocenters. The molecule has 0 radical (unpaired) electrons. The van der Waals surface area contributed by atoms with Gasteiger partial charge in [0, 0.05) is 30.4 Å². The lowest BCUT2D eigenvalue weighted by Gasteiger charge is -2.15. The van der Waals surface area contributed by atoms with Gasteiger partial charge in [0.25, 0.3) is 0 Å². The Morgan fingerprint density at radius 2 is 2.11 bits per heavy atom. The Kier molecular flexibility index (Phi) is 3.72. The maximum atomic E-state index is 6.23. The minimum atomic E-state index is -0.0969. The number of rotatable bonds is 4. The number of aryl methyl sites for hydroxylation is 1. The molecule has 2 rings (SSSR count). The van der Waals surface area contributed by atoms with Crippen LogP contribution in [0.2, 0.25) is 0 Å². The molecule has 18 heavy (non-hydrogen) atoms. The van der Waals surface area contributed by atoms with Gasteiger partial charge in [-0.15, -0.1) is 0 Å². The van der Waals surface area contributed by atoms with Crippen LogP contribution in [0.4, 0.5) is 0 Å². The van der Waals surface area contributed by atoms with E-state index in [1.165, 1.54) is 0 Å². The second-order valence-corrected chi connectivity index (χ2v) is 4.70. The molecule has 0 saturated carbocycles. The summed E-state index contributed by atoms with van der Waals surface area (Å²) in [6.45, 7) is 6.14. The molecule has 5 nitrogen and oxygen atoms in total. The van der Waals surface area contributed by atoms with Crippen molar-refractivity contribution in [3.8, 4) is 0 Å². The van der Waals surface area contributed by atoms with Gasteiger partial charge in [-0.05, 0) is 32.4 Å². The van der Waals surface area contributed by atoms with Crippen molar-refractivity contribution in [3.05, 3.63) is 41.7 Å². The van der Waals surface area contributed by atoms with Gasteiger partial charge in [-0.1, -0.05) is 6.07 Å². The normalized spacial score (nSPS) is 12.9. The summed E-state index contributed by atoms with van der Waals surface area (Å²) in [6, 6.07) is 4.13. The van der Waals surface area contributed by atoms with E-state index in [0.717, 1.165) is 17.1 Å². The third kappa shape index (κ3) is 2.56. The molecule has 1 atom stereocenters. The van der Waals surface area contributed by atoms with Crippen LogP contribution in [-0.2, 0) is 6.42 Å². The third-order valence-corrected chi connectivity index (χ3v) is 2.99. The van der Waals surface area contributed by atoms with E-state index >= 15 is 0 Å². The number of nitrogens with two attached hydrogens (primary N) is 1. The van der Waals surface area contributed by atoms with Gasteiger partial charge in [-0.2, -0.15) is 5.10 Å². The molecule has 2 aromatic rings. The van der Waals surface area contributed by atoms with Crippen molar-refractivity contribution >= 4 is 0 Å². The van der Waals surface area contributed by atoms with Crippen LogP contribution < -0.4 is 5.73 Å². The molecule has 0 amide bonds. The van der Waals surface area contributed by atoms with Crippen LogP contribution in [0.25, 0.3) is 0 Å². The third-order valence-electron chi connectivity index (χ3n) is 2.99. The van der Waals surface area contributed by atoms with Crippen LogP contribution in [0.15, 0.2) is 24.7 Å². The molecule has 96 valence electrons. The van der Waals surface area contributed by atoms with E-state index in [9.17, 15) is 0 Å². The molecule has 0 spiro atoms. The van der Waals surface area contributed by atoms with Crippen LogP contribution >= 0.6 is 0 Å². The van der Waals surface area contributed by atoms with Gasteiger partial charge in [0.15, 0.2) is 0 Å². The Morgan fingerprint density at radius 1 is 1.33 bits per heavy atom. The molecule has 0 aliphatic heterocycles. The highest BCUT2D eigenvalue weighted by molar-refractivity contribution is 5.23. The molecule has 2 N–H and O–H groups in total. The molecule has 0 aliphatic carbocycles. The Morgan fingerprint density at radius 3 is 2.78 bits per heavy atom. The first-order valence-corrected chi connectivity index (χ1v) is 6.15. The van der Waals surface area contributed by atoms with Crippen molar-refractivity contribution in [3.63, 3.8) is 0 Å². The summed E-state index contributed by atoms with van der Waals surface area (Å²) in [6.07, 6.45) is 4.03. The number of nitrogens with zero attached hydrogens (tertiary/aromatic N) is 4. The standard InChI is InChI=1S/C13H19N5/c1-9(2)18-13(16-8-17-18)7-12(14)11-5-4-6-15-10(11)3/h4-6,8-9,12H,7,14H2,1-3H3. The average molecular weight is 245 g/mol. The predicted octanol–water partition coefficient (Wildman–Crippen LogP) is 1.80. The highest BCUT2D eigenvalue weighted by atomic mass is 15.3. The first kappa shape index (κ1) is 12.7. The summed E-state index contributed by atoms with van der Waals surface area (Å²) < 4.78 is 1.91. The van der Waals surface area contributed by atoms with E-state index in [4.69, 9.17) is 5.73 Å². The number of hydrogen-bond donors (Lipinski definition) is 1. The zero-order chi connectivity index (χ0) is 13.1. The lowest BCUT2D eigenvalue weighted by atomic mass is 10.0. The van der Waals surface area contributed by atoms with Crippen molar-refractivity contribution in [1.29, 1.82) is 0 Å². The molecule has 5 heteroatoms. The maximum Gasteiger partial charge on any atom is 0.138 e. The molecule has 0 fully saturated rings. The fourth-order valence-corrected chi connectivity index (χ4v) is 2.05. The van der Waals surface area contributed by atoms with Gasteiger partial charge >= 0.3 is 0 Å². The molecule has 2 heterocycles. The minimum Gasteiger partial charge on any atom is -0.324 e. The summed E-state index contributed by atoms with van der Waals surface area (Å²) in [4.78, 5) is 8.55. The van der Waals surface area contributed by atoms with Gasteiger partial charge in [0.2, 0.25) is 0 Å². The molecular formula is C13H19N5. The van der Waals surface area contributed by atoms with Crippen LogP contribution in [-0.4, -0.2) is 19.7 Å². The van der Waals surface area contributed by atoms with Gasteiger partial charge in [-0.3, -0.25) is 4.98 Å². The van der Waals surface area contributed by atoms with Gasteiger partial charge in [0.05, 0.1) is 0 Å². The fourth-order valence-electron chi connectivity index (χ4n) is 2.05. The Labute approximate surface area is 107 Å². The molecule has 2 aromatic heterocycles. The van der Waals surface area contributed by atoms with Gasteiger partial charge in [-0.25, -0.2) is 9.67 Å². The predicted molar refractivity (Wildman–Crippen MR) is 70.0 cm³/mol. The lowest BCUT2D eigenvalue weighted by Crippen LogP contribution is -2.19. The monoisotopic (exact) mass is 245 g/mol. The Hall–Kier alpha value is -1.75. The van der Waals surface area contributed by atoms with E-state index in [2.05, 4.69) is 28.9 Å². The quantitative estimate of drug-likeness (QED) is 0.891. The van der Waals surface area contributed by atoms with Crippen molar-refractivity contribution in [2.45, 2.75) is 39.3 Å². The fraction of sp³-hybridized carbons (Fsp3) is 0.462. The largest absolute Gasteiger partial charge is 0.324 e. The van der Waals surface area contributed by atoms with E-state index in [0.29, 0.717) is 12.5 Å². The van der Waals surface area contributed by atoms with Gasteiger partial charge < -0.3 is 5.73 Å². The van der Waals surface area contributed by atoms with Gasteiger partial charge in [0.1, 0.15) is 12.2 Å². The van der Waals surface area contributed by atoms with Crippen LogP contribution in [0, 0.1) is 6.92 Å². The summed E-state index contributed by atoms with van der Waals surface area (Å²) >= 11 is 0. The smallest absolute Gasteiger partial charge is 0.138 e. The van der Waals surface area contributed by atoms with E-state index in [1.54, 1.807) is 12.5 Å². The highest BCUT2D eigenvalue weighted by Gasteiger charge is 2.15. The maximum absolute atomic E-state index is 6.23. The second kappa shape index (κ2) is 5.27. The zero-order valence-electron chi connectivity index (χ0n) is 11.0. The number of pyridine rings is 1. The lowest BCUT2D eigenvalue weighted by molar-refractivity contribution is 0.493. The van der Waals surface area contributed by atoms with Crippen molar-refractivity contribution in [1.82, 2.24) is 19.7 Å². The van der Waals surface area contributed by atoms with E-state index in [-0.39, 0.29) is 6.04 Å². The molecule has 0 bridgehead atoms.